The second-order valence-electron chi connectivity index (χ2n) is 18.2. The van der Waals surface area contributed by atoms with Gasteiger partial charge in [-0.1, -0.05) is 245 Å². The minimum absolute atomic E-state index is 0.0680. The minimum atomic E-state index is -0.767. The lowest BCUT2D eigenvalue weighted by molar-refractivity contribution is -0.167. The van der Waals surface area contributed by atoms with Gasteiger partial charge in [0.15, 0.2) is 6.10 Å². The van der Waals surface area contributed by atoms with Gasteiger partial charge in [-0.25, -0.2) is 0 Å². The first kappa shape index (κ1) is 58.1. The first-order valence-corrected chi connectivity index (χ1v) is 26.7. The lowest BCUT2D eigenvalue weighted by Gasteiger charge is -2.18. The molecule has 0 heterocycles. The zero-order chi connectivity index (χ0) is 43.7. The van der Waals surface area contributed by atoms with Crippen molar-refractivity contribution in [2.24, 2.45) is 0 Å². The van der Waals surface area contributed by atoms with Crippen LogP contribution in [0.4, 0.5) is 0 Å². The van der Waals surface area contributed by atoms with Gasteiger partial charge in [-0.2, -0.15) is 0 Å². The van der Waals surface area contributed by atoms with Crippen molar-refractivity contribution >= 4 is 17.9 Å². The van der Waals surface area contributed by atoms with Gasteiger partial charge >= 0.3 is 17.9 Å². The van der Waals surface area contributed by atoms with Gasteiger partial charge < -0.3 is 14.2 Å². The van der Waals surface area contributed by atoms with Gasteiger partial charge in [0.1, 0.15) is 13.2 Å². The average Bonchev–Trinajstić information content (AvgIpc) is 3.24. The molecule has 1 unspecified atom stereocenters. The lowest BCUT2D eigenvalue weighted by Crippen LogP contribution is -2.30. The Morgan fingerprint density at radius 1 is 0.317 bits per heavy atom. The molecule has 0 aliphatic carbocycles. The molecule has 0 aromatic heterocycles. The third-order valence-corrected chi connectivity index (χ3v) is 12.0. The summed E-state index contributed by atoms with van der Waals surface area (Å²) in [4.78, 5) is 37.9. The van der Waals surface area contributed by atoms with E-state index in [1.54, 1.807) is 0 Å². The standard InChI is InChI=1S/C54H102O6/c1-4-7-10-13-16-19-22-24-26-27-29-30-32-35-38-41-44-47-53(56)59-50-51(49-58-52(55)46-43-40-37-34-21-18-15-12-9-6-3)60-54(57)48-45-42-39-36-33-31-28-25-23-20-17-14-11-8-5-2/h25,28,51H,4-24,26-27,29-50H2,1-3H3/b28-25-. The van der Waals surface area contributed by atoms with Gasteiger partial charge in [-0.3, -0.25) is 14.4 Å². The van der Waals surface area contributed by atoms with Crippen LogP contribution in [-0.2, 0) is 28.6 Å². The van der Waals surface area contributed by atoms with E-state index in [1.165, 1.54) is 193 Å². The summed E-state index contributed by atoms with van der Waals surface area (Å²) in [7, 11) is 0. The molecule has 0 fully saturated rings. The summed E-state index contributed by atoms with van der Waals surface area (Å²) in [5.41, 5.74) is 0. The van der Waals surface area contributed by atoms with Crippen LogP contribution in [-0.4, -0.2) is 37.2 Å². The highest BCUT2D eigenvalue weighted by molar-refractivity contribution is 5.71. The molecule has 0 aliphatic rings. The predicted molar refractivity (Wildman–Crippen MR) is 256 cm³/mol. The highest BCUT2D eigenvalue weighted by Crippen LogP contribution is 2.16. The summed E-state index contributed by atoms with van der Waals surface area (Å²) in [5, 5.41) is 0. The summed E-state index contributed by atoms with van der Waals surface area (Å²) in [6, 6.07) is 0. The molecule has 354 valence electrons. The molecule has 0 rings (SSSR count). The van der Waals surface area contributed by atoms with Gasteiger partial charge in [-0.05, 0) is 44.9 Å². The first-order valence-electron chi connectivity index (χ1n) is 26.7. The summed E-state index contributed by atoms with van der Waals surface area (Å²) >= 11 is 0. The minimum Gasteiger partial charge on any atom is -0.462 e. The third-order valence-electron chi connectivity index (χ3n) is 12.0. The summed E-state index contributed by atoms with van der Waals surface area (Å²) in [5.74, 6) is -0.860. The quantitative estimate of drug-likeness (QED) is 0.0263. The monoisotopic (exact) mass is 847 g/mol. The Labute approximate surface area is 373 Å². The SMILES string of the molecule is CCCCCCCC/C=C\CCCCCCCC(=O)OC(COC(=O)CCCCCCCCCCCC)COC(=O)CCCCCCCCCCCCCCCCCCC. The van der Waals surface area contributed by atoms with E-state index in [0.29, 0.717) is 19.3 Å². The van der Waals surface area contributed by atoms with E-state index in [0.717, 1.165) is 64.2 Å². The predicted octanol–water partition coefficient (Wildman–Crippen LogP) is 17.4. The van der Waals surface area contributed by atoms with Crippen LogP contribution in [0.2, 0.25) is 0 Å². The normalized spacial score (nSPS) is 12.0. The van der Waals surface area contributed by atoms with Crippen molar-refractivity contribution in [3.05, 3.63) is 12.2 Å². The maximum atomic E-state index is 12.8. The highest BCUT2D eigenvalue weighted by atomic mass is 16.6. The second-order valence-corrected chi connectivity index (χ2v) is 18.2. The molecular formula is C54H102O6. The van der Waals surface area contributed by atoms with E-state index in [-0.39, 0.29) is 31.1 Å². The Kier molecular flexibility index (Phi) is 48.3. The van der Waals surface area contributed by atoms with Crippen molar-refractivity contribution in [3.8, 4) is 0 Å². The summed E-state index contributed by atoms with van der Waals surface area (Å²) in [6.07, 6.45) is 54.8. The molecule has 6 nitrogen and oxygen atoms in total. The zero-order valence-corrected chi connectivity index (χ0v) is 40.5. The fourth-order valence-corrected chi connectivity index (χ4v) is 7.97. The summed E-state index contributed by atoms with van der Waals surface area (Å²) in [6.45, 7) is 6.65. The Hall–Kier alpha value is -1.85. The molecule has 0 aliphatic heterocycles. The number of carbonyl (C=O) groups is 3. The molecule has 1 atom stereocenters. The number of allylic oxidation sites excluding steroid dienone is 2. The van der Waals surface area contributed by atoms with Crippen molar-refractivity contribution < 1.29 is 28.6 Å². The number of hydrogen-bond acceptors (Lipinski definition) is 6. The fourth-order valence-electron chi connectivity index (χ4n) is 7.97. The molecule has 0 saturated heterocycles. The van der Waals surface area contributed by atoms with E-state index in [2.05, 4.69) is 32.9 Å². The average molecular weight is 847 g/mol. The number of unbranched alkanes of at least 4 members (excludes halogenated alkanes) is 36. The highest BCUT2D eigenvalue weighted by Gasteiger charge is 2.19. The van der Waals surface area contributed by atoms with E-state index in [9.17, 15) is 14.4 Å². The van der Waals surface area contributed by atoms with Crippen molar-refractivity contribution in [1.82, 2.24) is 0 Å². The van der Waals surface area contributed by atoms with Crippen molar-refractivity contribution in [1.29, 1.82) is 0 Å². The molecule has 0 N–H and O–H groups in total. The Morgan fingerprint density at radius 2 is 0.550 bits per heavy atom. The van der Waals surface area contributed by atoms with Crippen molar-refractivity contribution in [2.75, 3.05) is 13.2 Å². The van der Waals surface area contributed by atoms with Crippen molar-refractivity contribution in [2.45, 2.75) is 303 Å². The largest absolute Gasteiger partial charge is 0.462 e. The van der Waals surface area contributed by atoms with Crippen LogP contribution in [0.1, 0.15) is 297 Å². The number of hydrogen-bond donors (Lipinski definition) is 0. The zero-order valence-electron chi connectivity index (χ0n) is 40.5. The molecule has 0 saturated carbocycles. The van der Waals surface area contributed by atoms with Gasteiger partial charge in [0, 0.05) is 19.3 Å². The van der Waals surface area contributed by atoms with Crippen LogP contribution in [0, 0.1) is 0 Å². The third kappa shape index (κ3) is 47.2. The molecule has 0 aromatic rings. The molecular weight excluding hydrogens is 745 g/mol. The van der Waals surface area contributed by atoms with Crippen LogP contribution in [0.15, 0.2) is 12.2 Å². The summed E-state index contributed by atoms with van der Waals surface area (Å²) < 4.78 is 16.8. The van der Waals surface area contributed by atoms with E-state index in [4.69, 9.17) is 14.2 Å². The maximum absolute atomic E-state index is 12.8. The van der Waals surface area contributed by atoms with Gasteiger partial charge in [-0.15, -0.1) is 0 Å². The first-order chi connectivity index (χ1) is 29.5. The van der Waals surface area contributed by atoms with E-state index in [1.807, 2.05) is 0 Å². The van der Waals surface area contributed by atoms with Crippen LogP contribution in [0.25, 0.3) is 0 Å². The molecule has 6 heteroatoms. The number of rotatable bonds is 49. The Balaban J connectivity index is 4.29. The van der Waals surface area contributed by atoms with Crippen LogP contribution in [0.5, 0.6) is 0 Å². The fraction of sp³-hybridized carbons (Fsp3) is 0.907. The molecule has 0 spiro atoms. The Morgan fingerprint density at radius 3 is 0.833 bits per heavy atom. The molecule has 0 radical (unpaired) electrons. The van der Waals surface area contributed by atoms with Gasteiger partial charge in [0.25, 0.3) is 0 Å². The number of carbonyl (C=O) groups excluding carboxylic acids is 3. The lowest BCUT2D eigenvalue weighted by atomic mass is 10.0. The van der Waals surface area contributed by atoms with Crippen LogP contribution >= 0.6 is 0 Å². The number of ether oxygens (including phenoxy) is 3. The van der Waals surface area contributed by atoms with Crippen LogP contribution in [0.3, 0.4) is 0 Å². The molecule has 0 amide bonds. The van der Waals surface area contributed by atoms with Gasteiger partial charge in [0.05, 0.1) is 0 Å². The van der Waals surface area contributed by atoms with E-state index >= 15 is 0 Å². The smallest absolute Gasteiger partial charge is 0.306 e. The Bertz CT molecular complexity index is 931. The van der Waals surface area contributed by atoms with Crippen LogP contribution < -0.4 is 0 Å². The second kappa shape index (κ2) is 49.8. The maximum Gasteiger partial charge on any atom is 0.306 e. The van der Waals surface area contributed by atoms with Gasteiger partial charge in [0.2, 0.25) is 0 Å². The van der Waals surface area contributed by atoms with E-state index < -0.39 is 6.10 Å². The van der Waals surface area contributed by atoms with Crippen molar-refractivity contribution in [3.63, 3.8) is 0 Å². The molecule has 60 heavy (non-hydrogen) atoms. The number of esters is 3. The topological polar surface area (TPSA) is 78.9 Å². The molecule has 0 bridgehead atoms. The molecule has 0 aromatic carbocycles.